The molecule has 0 unspecified atom stereocenters. The summed E-state index contributed by atoms with van der Waals surface area (Å²) in [4.78, 5) is 9.11. The van der Waals surface area contributed by atoms with E-state index < -0.39 is 0 Å². The number of aromatic nitrogens is 3. The van der Waals surface area contributed by atoms with Crippen LogP contribution in [0, 0.1) is 0 Å². The second-order valence-electron chi connectivity index (χ2n) is 5.13. The first-order valence-corrected chi connectivity index (χ1v) is 7.35. The molecule has 0 spiro atoms. The minimum atomic E-state index is 0.161. The number of benzene rings is 1. The summed E-state index contributed by atoms with van der Waals surface area (Å²) in [5.41, 5.74) is 2.93. The number of pyridine rings is 1. The summed E-state index contributed by atoms with van der Waals surface area (Å²) in [5, 5.41) is 9.11. The van der Waals surface area contributed by atoms with Crippen LogP contribution in [-0.2, 0) is 13.0 Å². The molecule has 2 heterocycles. The van der Waals surface area contributed by atoms with Crippen LogP contribution in [0.15, 0.2) is 42.6 Å². The fraction of sp³-hybridized carbons (Fsp3) is 0.294. The molecule has 0 bridgehead atoms. The van der Waals surface area contributed by atoms with Gasteiger partial charge in [-0.25, -0.2) is 9.97 Å². The van der Waals surface area contributed by atoms with Gasteiger partial charge in [-0.1, -0.05) is 12.1 Å². The Morgan fingerprint density at radius 1 is 1.18 bits per heavy atom. The number of imidazole rings is 1. The first-order chi connectivity index (χ1) is 10.8. The monoisotopic (exact) mass is 297 g/mol. The van der Waals surface area contributed by atoms with E-state index in [0.717, 1.165) is 35.7 Å². The highest BCUT2D eigenvalue weighted by Crippen LogP contribution is 2.19. The third kappa shape index (κ3) is 2.94. The van der Waals surface area contributed by atoms with Crippen LogP contribution >= 0.6 is 0 Å². The zero-order valence-corrected chi connectivity index (χ0v) is 12.6. The van der Waals surface area contributed by atoms with Gasteiger partial charge in [-0.2, -0.15) is 0 Å². The zero-order chi connectivity index (χ0) is 15.4. The Bertz CT molecular complexity index is 750. The Morgan fingerprint density at radius 3 is 2.73 bits per heavy atom. The fourth-order valence-electron chi connectivity index (χ4n) is 2.53. The lowest BCUT2D eigenvalue weighted by Crippen LogP contribution is -2.07. The molecule has 3 aromatic rings. The minimum Gasteiger partial charge on any atom is -0.497 e. The van der Waals surface area contributed by atoms with Gasteiger partial charge in [-0.05, 0) is 36.2 Å². The second kappa shape index (κ2) is 6.58. The summed E-state index contributed by atoms with van der Waals surface area (Å²) in [6, 6.07) is 11.9. The predicted molar refractivity (Wildman–Crippen MR) is 85.0 cm³/mol. The van der Waals surface area contributed by atoms with Gasteiger partial charge in [0, 0.05) is 25.8 Å². The average Bonchev–Trinajstić information content (AvgIpc) is 2.91. The van der Waals surface area contributed by atoms with Crippen LogP contribution in [0.1, 0.15) is 17.8 Å². The van der Waals surface area contributed by atoms with E-state index in [4.69, 9.17) is 14.8 Å². The first-order valence-electron chi connectivity index (χ1n) is 7.35. The number of aliphatic hydroxyl groups excluding tert-OH is 1. The highest BCUT2D eigenvalue weighted by atomic mass is 16.5. The zero-order valence-electron chi connectivity index (χ0n) is 12.6. The van der Waals surface area contributed by atoms with Crippen LogP contribution in [-0.4, -0.2) is 33.4 Å². The van der Waals surface area contributed by atoms with Crippen molar-refractivity contribution in [3.05, 3.63) is 54.0 Å². The average molecular weight is 297 g/mol. The molecule has 0 saturated carbocycles. The van der Waals surface area contributed by atoms with Crippen LogP contribution in [0.25, 0.3) is 11.2 Å². The number of rotatable bonds is 6. The largest absolute Gasteiger partial charge is 0.497 e. The van der Waals surface area contributed by atoms with Gasteiger partial charge in [0.2, 0.25) is 0 Å². The van der Waals surface area contributed by atoms with E-state index >= 15 is 0 Å². The molecule has 0 fully saturated rings. The summed E-state index contributed by atoms with van der Waals surface area (Å²) in [6.07, 6.45) is 3.19. The molecule has 0 saturated heterocycles. The summed E-state index contributed by atoms with van der Waals surface area (Å²) in [6.45, 7) is 0.879. The van der Waals surface area contributed by atoms with Gasteiger partial charge in [0.1, 0.15) is 17.1 Å². The van der Waals surface area contributed by atoms with Crippen LogP contribution < -0.4 is 4.74 Å². The van der Waals surface area contributed by atoms with Gasteiger partial charge in [0.15, 0.2) is 5.65 Å². The van der Waals surface area contributed by atoms with E-state index in [-0.39, 0.29) is 6.61 Å². The molecule has 0 amide bonds. The number of aryl methyl sites for hydroxylation is 1. The molecule has 22 heavy (non-hydrogen) atoms. The van der Waals surface area contributed by atoms with Crippen LogP contribution in [0.2, 0.25) is 0 Å². The van der Waals surface area contributed by atoms with Gasteiger partial charge < -0.3 is 14.4 Å². The number of fused-ring (bicyclic) bond motifs is 1. The van der Waals surface area contributed by atoms with E-state index in [2.05, 4.69) is 9.55 Å². The highest BCUT2D eigenvalue weighted by Gasteiger charge is 2.11. The maximum atomic E-state index is 9.11. The normalized spacial score (nSPS) is 11.0. The Morgan fingerprint density at radius 2 is 2.00 bits per heavy atom. The molecule has 0 aliphatic carbocycles. The van der Waals surface area contributed by atoms with Crippen molar-refractivity contribution in [3.8, 4) is 5.75 Å². The molecular formula is C17H19N3O2. The Hall–Kier alpha value is -2.40. The lowest BCUT2D eigenvalue weighted by molar-refractivity contribution is 0.280. The van der Waals surface area contributed by atoms with Crippen molar-refractivity contribution in [2.24, 2.45) is 0 Å². The summed E-state index contributed by atoms with van der Waals surface area (Å²) in [7, 11) is 1.66. The lowest BCUT2D eigenvalue weighted by Gasteiger charge is -2.08. The third-order valence-corrected chi connectivity index (χ3v) is 3.64. The number of methoxy groups -OCH3 is 1. The van der Waals surface area contributed by atoms with E-state index in [9.17, 15) is 0 Å². The van der Waals surface area contributed by atoms with Crippen molar-refractivity contribution in [3.63, 3.8) is 0 Å². The quantitative estimate of drug-likeness (QED) is 0.759. The molecule has 2 aromatic heterocycles. The summed E-state index contributed by atoms with van der Waals surface area (Å²) >= 11 is 0. The fourth-order valence-corrected chi connectivity index (χ4v) is 2.53. The van der Waals surface area contributed by atoms with E-state index in [0.29, 0.717) is 6.42 Å². The van der Waals surface area contributed by atoms with Gasteiger partial charge in [-0.3, -0.25) is 0 Å². The van der Waals surface area contributed by atoms with Crippen LogP contribution in [0.5, 0.6) is 5.75 Å². The van der Waals surface area contributed by atoms with Crippen molar-refractivity contribution in [1.82, 2.24) is 14.5 Å². The molecule has 3 rings (SSSR count). The number of aliphatic hydroxyl groups is 1. The molecule has 114 valence electrons. The molecular weight excluding hydrogens is 278 g/mol. The van der Waals surface area contributed by atoms with Gasteiger partial charge >= 0.3 is 0 Å². The van der Waals surface area contributed by atoms with Crippen molar-refractivity contribution in [2.45, 2.75) is 19.4 Å². The number of hydrogen-bond donors (Lipinski definition) is 1. The Balaban J connectivity index is 1.93. The van der Waals surface area contributed by atoms with Gasteiger partial charge in [0.25, 0.3) is 0 Å². The molecule has 5 heteroatoms. The van der Waals surface area contributed by atoms with E-state index in [1.807, 2.05) is 36.4 Å². The van der Waals surface area contributed by atoms with Crippen molar-refractivity contribution >= 4 is 11.2 Å². The van der Waals surface area contributed by atoms with E-state index in [1.54, 1.807) is 13.3 Å². The van der Waals surface area contributed by atoms with Crippen molar-refractivity contribution in [1.29, 1.82) is 0 Å². The van der Waals surface area contributed by atoms with Gasteiger partial charge in [-0.15, -0.1) is 0 Å². The number of hydrogen-bond acceptors (Lipinski definition) is 4. The maximum Gasteiger partial charge on any atom is 0.159 e. The van der Waals surface area contributed by atoms with Crippen molar-refractivity contribution < 1.29 is 9.84 Å². The summed E-state index contributed by atoms with van der Waals surface area (Å²) in [5.74, 6) is 1.81. The standard InChI is InChI=1S/C17H19N3O2/c1-22-14-7-5-13(6-8-14)12-16-19-15-4-2-9-18-17(15)20(16)10-3-11-21/h2,4-9,21H,3,10-12H2,1H3. The van der Waals surface area contributed by atoms with Crippen LogP contribution in [0.3, 0.4) is 0 Å². The molecule has 0 atom stereocenters. The minimum absolute atomic E-state index is 0.161. The molecule has 5 nitrogen and oxygen atoms in total. The molecule has 1 N–H and O–H groups in total. The Kier molecular flexibility index (Phi) is 4.34. The Labute approximate surface area is 129 Å². The second-order valence-corrected chi connectivity index (χ2v) is 5.13. The third-order valence-electron chi connectivity index (χ3n) is 3.64. The van der Waals surface area contributed by atoms with Gasteiger partial charge in [0.05, 0.1) is 7.11 Å². The summed E-state index contributed by atoms with van der Waals surface area (Å²) < 4.78 is 7.28. The molecule has 0 radical (unpaired) electrons. The van der Waals surface area contributed by atoms with Crippen molar-refractivity contribution in [2.75, 3.05) is 13.7 Å². The molecule has 0 aliphatic heterocycles. The molecule has 0 aliphatic rings. The number of ether oxygens (including phenoxy) is 1. The van der Waals surface area contributed by atoms with Crippen LogP contribution in [0.4, 0.5) is 0 Å². The lowest BCUT2D eigenvalue weighted by atomic mass is 10.1. The predicted octanol–water partition coefficient (Wildman–Crippen LogP) is 2.41. The maximum absolute atomic E-state index is 9.11. The topological polar surface area (TPSA) is 60.2 Å². The molecule has 1 aromatic carbocycles. The SMILES string of the molecule is COc1ccc(Cc2nc3cccnc3n2CCCO)cc1. The highest BCUT2D eigenvalue weighted by molar-refractivity contribution is 5.71. The van der Waals surface area contributed by atoms with E-state index in [1.165, 1.54) is 5.56 Å². The first kappa shape index (κ1) is 14.5. The smallest absolute Gasteiger partial charge is 0.159 e. The number of nitrogens with zero attached hydrogens (tertiary/aromatic N) is 3.